The molecule has 0 amide bonds. The first-order valence-electron chi connectivity index (χ1n) is 4.36. The van der Waals surface area contributed by atoms with Crippen molar-refractivity contribution in [1.29, 1.82) is 0 Å². The fourth-order valence-corrected chi connectivity index (χ4v) is 0.971. The molecule has 0 aliphatic rings. The molecular formula is C9H10F3N3O. The van der Waals surface area contributed by atoms with Gasteiger partial charge in [-0.25, -0.2) is 9.97 Å². The Morgan fingerprint density at radius 1 is 1.31 bits per heavy atom. The lowest BCUT2D eigenvalue weighted by Gasteiger charge is -2.14. The highest BCUT2D eigenvalue weighted by atomic mass is 19.4. The second-order valence-corrected chi connectivity index (χ2v) is 3.38. The smallest absolute Gasteiger partial charge is 0.363 e. The predicted molar refractivity (Wildman–Crippen MR) is 51.4 cm³/mol. The number of Topliss-reactive ketones (excluding diaryl/α,β-unsaturated/α-hetero) is 1. The highest BCUT2D eigenvalue weighted by Crippen LogP contribution is 2.27. The Balaban J connectivity index is 3.36. The lowest BCUT2D eigenvalue weighted by molar-refractivity contribution is -0.144. The third-order valence-electron chi connectivity index (χ3n) is 1.79. The number of carbonyl (C=O) groups is 1. The molecule has 1 rings (SSSR count). The van der Waals surface area contributed by atoms with Gasteiger partial charge in [0.05, 0.1) is 0 Å². The van der Waals surface area contributed by atoms with Gasteiger partial charge in [-0.15, -0.1) is 0 Å². The highest BCUT2D eigenvalue weighted by Gasteiger charge is 2.35. The molecule has 0 aliphatic carbocycles. The van der Waals surface area contributed by atoms with Gasteiger partial charge in [0.1, 0.15) is 11.5 Å². The van der Waals surface area contributed by atoms with Crippen LogP contribution in [0.1, 0.15) is 23.2 Å². The molecule has 0 aromatic carbocycles. The van der Waals surface area contributed by atoms with Gasteiger partial charge >= 0.3 is 6.18 Å². The van der Waals surface area contributed by atoms with Crippen LogP contribution in [0.3, 0.4) is 0 Å². The number of anilines is 1. The van der Waals surface area contributed by atoms with Crippen LogP contribution in [0, 0.1) is 0 Å². The summed E-state index contributed by atoms with van der Waals surface area (Å²) in [5.41, 5.74) is -0.244. The number of nitrogens with zero attached hydrogens (tertiary/aromatic N) is 3. The Morgan fingerprint density at radius 3 is 2.25 bits per heavy atom. The zero-order valence-corrected chi connectivity index (χ0v) is 8.96. The van der Waals surface area contributed by atoms with Crippen LogP contribution in [0.5, 0.6) is 0 Å². The van der Waals surface area contributed by atoms with Crippen molar-refractivity contribution < 1.29 is 18.0 Å². The largest absolute Gasteiger partial charge is 0.451 e. The summed E-state index contributed by atoms with van der Waals surface area (Å²) in [6.07, 6.45) is -4.66. The molecule has 0 fully saturated rings. The maximum Gasteiger partial charge on any atom is 0.451 e. The molecule has 88 valence electrons. The van der Waals surface area contributed by atoms with Crippen LogP contribution in [0.2, 0.25) is 0 Å². The first kappa shape index (κ1) is 12.4. The summed E-state index contributed by atoms with van der Waals surface area (Å²) in [6.45, 7) is 1.15. The number of halogens is 3. The third kappa shape index (κ3) is 2.68. The van der Waals surface area contributed by atoms with Gasteiger partial charge in [0.15, 0.2) is 5.78 Å². The van der Waals surface area contributed by atoms with E-state index in [-0.39, 0.29) is 11.5 Å². The van der Waals surface area contributed by atoms with Gasteiger partial charge in [-0.1, -0.05) is 0 Å². The van der Waals surface area contributed by atoms with E-state index in [1.54, 1.807) is 0 Å². The van der Waals surface area contributed by atoms with Crippen molar-refractivity contribution in [3.05, 3.63) is 17.6 Å². The number of ketones is 1. The number of hydrogen-bond acceptors (Lipinski definition) is 4. The van der Waals surface area contributed by atoms with Crippen LogP contribution in [0.15, 0.2) is 6.07 Å². The van der Waals surface area contributed by atoms with E-state index in [1.165, 1.54) is 25.1 Å². The molecule has 0 saturated carbocycles. The van der Waals surface area contributed by atoms with E-state index in [4.69, 9.17) is 0 Å². The maximum absolute atomic E-state index is 12.4. The van der Waals surface area contributed by atoms with Gasteiger partial charge in [0, 0.05) is 27.1 Å². The molecule has 1 heterocycles. The molecule has 0 radical (unpaired) electrons. The topological polar surface area (TPSA) is 46.1 Å². The van der Waals surface area contributed by atoms with E-state index in [1.807, 2.05) is 0 Å². The molecular weight excluding hydrogens is 223 g/mol. The molecule has 0 unspecified atom stereocenters. The molecule has 1 aromatic heterocycles. The van der Waals surface area contributed by atoms with E-state index >= 15 is 0 Å². The minimum atomic E-state index is -4.66. The Bertz CT molecular complexity index is 415. The Labute approximate surface area is 90.1 Å². The molecule has 0 atom stereocenters. The molecule has 16 heavy (non-hydrogen) atoms. The van der Waals surface area contributed by atoms with Gasteiger partial charge in [-0.05, 0) is 0 Å². The molecule has 0 aliphatic heterocycles. The second kappa shape index (κ2) is 4.07. The summed E-state index contributed by atoms with van der Waals surface area (Å²) in [6, 6.07) is 1.22. The average Bonchev–Trinajstić information content (AvgIpc) is 2.15. The lowest BCUT2D eigenvalue weighted by atomic mass is 10.3. The molecule has 4 nitrogen and oxygen atoms in total. The number of hydrogen-bond donors (Lipinski definition) is 0. The normalized spacial score (nSPS) is 11.4. The maximum atomic E-state index is 12.4. The fourth-order valence-electron chi connectivity index (χ4n) is 0.971. The van der Waals surface area contributed by atoms with Crippen LogP contribution in [-0.2, 0) is 6.18 Å². The monoisotopic (exact) mass is 233 g/mol. The van der Waals surface area contributed by atoms with Crippen molar-refractivity contribution >= 4 is 11.6 Å². The molecule has 7 heteroatoms. The number of carbonyl (C=O) groups excluding carboxylic acids is 1. The van der Waals surface area contributed by atoms with Gasteiger partial charge in [0.25, 0.3) is 0 Å². The van der Waals surface area contributed by atoms with Crippen LogP contribution in [0.25, 0.3) is 0 Å². The van der Waals surface area contributed by atoms with Gasteiger partial charge in [-0.2, -0.15) is 13.2 Å². The third-order valence-corrected chi connectivity index (χ3v) is 1.79. The summed E-state index contributed by atoms with van der Waals surface area (Å²) < 4.78 is 37.3. The SMILES string of the molecule is CC(=O)c1cc(N(C)C)nc(C(F)(F)F)n1. The molecule has 0 saturated heterocycles. The second-order valence-electron chi connectivity index (χ2n) is 3.38. The van der Waals surface area contributed by atoms with Crippen molar-refractivity contribution in [2.24, 2.45) is 0 Å². The summed E-state index contributed by atoms with van der Waals surface area (Å²) in [4.78, 5) is 18.9. The summed E-state index contributed by atoms with van der Waals surface area (Å²) in [7, 11) is 3.07. The first-order chi connectivity index (χ1) is 7.21. The Kier molecular flexibility index (Phi) is 3.16. The number of rotatable bonds is 2. The van der Waals surface area contributed by atoms with Gasteiger partial charge in [0.2, 0.25) is 5.82 Å². The predicted octanol–water partition coefficient (Wildman–Crippen LogP) is 1.76. The Hall–Kier alpha value is -1.66. The number of alkyl halides is 3. The van der Waals surface area contributed by atoms with E-state index in [2.05, 4.69) is 9.97 Å². The van der Waals surface area contributed by atoms with Crippen molar-refractivity contribution in [3.8, 4) is 0 Å². The van der Waals surface area contributed by atoms with E-state index < -0.39 is 17.8 Å². The zero-order chi connectivity index (χ0) is 12.5. The van der Waals surface area contributed by atoms with E-state index in [0.29, 0.717) is 0 Å². The number of aromatic nitrogens is 2. The summed E-state index contributed by atoms with van der Waals surface area (Å²) in [5, 5.41) is 0. The quantitative estimate of drug-likeness (QED) is 0.730. The molecule has 1 aromatic rings. The summed E-state index contributed by atoms with van der Waals surface area (Å²) >= 11 is 0. The minimum absolute atomic E-state index is 0.0486. The lowest BCUT2D eigenvalue weighted by Crippen LogP contribution is -2.19. The van der Waals surface area contributed by atoms with E-state index in [0.717, 1.165) is 6.92 Å². The molecule has 0 spiro atoms. The average molecular weight is 233 g/mol. The highest BCUT2D eigenvalue weighted by molar-refractivity contribution is 5.92. The first-order valence-corrected chi connectivity index (χ1v) is 4.36. The van der Waals surface area contributed by atoms with Gasteiger partial charge in [-0.3, -0.25) is 4.79 Å². The summed E-state index contributed by atoms with van der Waals surface area (Å²) in [5.74, 6) is -1.78. The van der Waals surface area contributed by atoms with Crippen LogP contribution in [-0.4, -0.2) is 29.8 Å². The fraction of sp³-hybridized carbons (Fsp3) is 0.444. The molecule has 0 N–H and O–H groups in total. The zero-order valence-electron chi connectivity index (χ0n) is 8.96. The van der Waals surface area contributed by atoms with E-state index in [9.17, 15) is 18.0 Å². The van der Waals surface area contributed by atoms with Crippen molar-refractivity contribution in [2.45, 2.75) is 13.1 Å². The van der Waals surface area contributed by atoms with Crippen LogP contribution >= 0.6 is 0 Å². The standard InChI is InChI=1S/C9H10F3N3O/c1-5(16)6-4-7(15(2)3)14-8(13-6)9(10,11)12/h4H,1-3H3. The van der Waals surface area contributed by atoms with Crippen LogP contribution in [0.4, 0.5) is 19.0 Å². The molecule has 0 bridgehead atoms. The van der Waals surface area contributed by atoms with Gasteiger partial charge < -0.3 is 4.90 Å². The van der Waals surface area contributed by atoms with Crippen molar-refractivity contribution in [2.75, 3.05) is 19.0 Å². The minimum Gasteiger partial charge on any atom is -0.363 e. The van der Waals surface area contributed by atoms with Crippen molar-refractivity contribution in [1.82, 2.24) is 9.97 Å². The Morgan fingerprint density at radius 2 is 1.88 bits per heavy atom. The van der Waals surface area contributed by atoms with Crippen molar-refractivity contribution in [3.63, 3.8) is 0 Å². The van der Waals surface area contributed by atoms with Crippen LogP contribution < -0.4 is 4.90 Å².